The van der Waals surface area contributed by atoms with E-state index in [0.29, 0.717) is 24.3 Å². The van der Waals surface area contributed by atoms with Crippen LogP contribution in [0.2, 0.25) is 0 Å². The fourth-order valence-corrected chi connectivity index (χ4v) is 4.33. The summed E-state index contributed by atoms with van der Waals surface area (Å²) in [6, 6.07) is 5.74. The van der Waals surface area contributed by atoms with Crippen LogP contribution in [0.25, 0.3) is 11.5 Å². The van der Waals surface area contributed by atoms with Crippen molar-refractivity contribution in [3.05, 3.63) is 58.8 Å². The molecular weight excluding hydrogens is 378 g/mol. The lowest BCUT2D eigenvalue weighted by Crippen LogP contribution is -2.35. The van der Waals surface area contributed by atoms with Crippen LogP contribution >= 0.6 is 0 Å². The third-order valence-corrected chi connectivity index (χ3v) is 6.16. The number of benzene rings is 1. The van der Waals surface area contributed by atoms with E-state index in [4.69, 9.17) is 8.94 Å². The van der Waals surface area contributed by atoms with Gasteiger partial charge in [-0.25, -0.2) is 17.2 Å². The number of sulfonamides is 1. The molecule has 6 nitrogen and oxygen atoms in total. The first-order valence-corrected chi connectivity index (χ1v) is 9.73. The minimum absolute atomic E-state index is 0.0143. The van der Waals surface area contributed by atoms with Crippen LogP contribution in [0.15, 0.2) is 44.4 Å². The predicted molar refractivity (Wildman–Crippen MR) is 91.3 cm³/mol. The number of aromatic nitrogens is 1. The average Bonchev–Trinajstić information content (AvgIpc) is 3.05. The van der Waals surface area contributed by atoms with Gasteiger partial charge in [-0.05, 0) is 57.0 Å². The molecule has 0 unspecified atom stereocenters. The number of hydrogen-bond donors (Lipinski definition) is 1. The predicted octanol–water partition coefficient (Wildman–Crippen LogP) is 3.80. The SMILES string of the molecule is Cc1noc(-c2ccc(S(=O)(=O)NC3(c4cc(F)ccc4F)CC3)o2)c1C. The zero-order chi connectivity index (χ0) is 19.4. The van der Waals surface area contributed by atoms with Crippen LogP contribution in [0, 0.1) is 25.5 Å². The Labute approximate surface area is 154 Å². The highest BCUT2D eigenvalue weighted by atomic mass is 32.2. The molecule has 1 saturated carbocycles. The minimum Gasteiger partial charge on any atom is -0.440 e. The van der Waals surface area contributed by atoms with Crippen LogP contribution in [-0.4, -0.2) is 13.6 Å². The second kappa shape index (κ2) is 6.00. The second-order valence-corrected chi connectivity index (χ2v) is 8.27. The summed E-state index contributed by atoms with van der Waals surface area (Å²) in [5, 5.41) is 3.47. The number of nitrogens with one attached hydrogen (secondary N) is 1. The van der Waals surface area contributed by atoms with Gasteiger partial charge in [0.2, 0.25) is 10.9 Å². The van der Waals surface area contributed by atoms with Crippen LogP contribution in [0.3, 0.4) is 0 Å². The van der Waals surface area contributed by atoms with Crippen molar-refractivity contribution < 1.29 is 26.1 Å². The van der Waals surface area contributed by atoms with Crippen molar-refractivity contribution in [3.63, 3.8) is 0 Å². The maximum absolute atomic E-state index is 14.1. The molecule has 0 aliphatic heterocycles. The summed E-state index contributed by atoms with van der Waals surface area (Å²) >= 11 is 0. The first-order chi connectivity index (χ1) is 12.7. The Bertz CT molecular complexity index is 1130. The van der Waals surface area contributed by atoms with E-state index in [1.165, 1.54) is 12.1 Å². The molecule has 0 radical (unpaired) electrons. The van der Waals surface area contributed by atoms with Gasteiger partial charge in [-0.2, -0.15) is 4.72 Å². The number of aryl methyl sites for hydroxylation is 1. The van der Waals surface area contributed by atoms with Gasteiger partial charge in [-0.15, -0.1) is 0 Å². The fourth-order valence-electron chi connectivity index (χ4n) is 2.95. The number of halogens is 2. The summed E-state index contributed by atoms with van der Waals surface area (Å²) in [5.41, 5.74) is 0.222. The molecule has 2 aromatic heterocycles. The summed E-state index contributed by atoms with van der Waals surface area (Å²) < 4.78 is 66.1. The summed E-state index contributed by atoms with van der Waals surface area (Å²) in [6.07, 6.45) is 0.723. The first kappa shape index (κ1) is 17.9. The molecule has 27 heavy (non-hydrogen) atoms. The Kier molecular flexibility index (Phi) is 3.97. The van der Waals surface area contributed by atoms with Crippen LogP contribution in [0.5, 0.6) is 0 Å². The molecule has 1 N–H and O–H groups in total. The summed E-state index contributed by atoms with van der Waals surface area (Å²) in [7, 11) is -4.09. The zero-order valence-corrected chi connectivity index (χ0v) is 15.4. The van der Waals surface area contributed by atoms with Gasteiger partial charge in [0.15, 0.2) is 5.76 Å². The quantitative estimate of drug-likeness (QED) is 0.712. The van der Waals surface area contributed by atoms with Gasteiger partial charge < -0.3 is 8.94 Å². The lowest BCUT2D eigenvalue weighted by molar-refractivity contribution is 0.395. The fraction of sp³-hybridized carbons (Fsp3) is 0.278. The van der Waals surface area contributed by atoms with Gasteiger partial charge in [-0.1, -0.05) is 5.16 Å². The van der Waals surface area contributed by atoms with Crippen LogP contribution in [0.4, 0.5) is 8.78 Å². The van der Waals surface area contributed by atoms with Gasteiger partial charge in [0.25, 0.3) is 10.0 Å². The molecule has 1 aliphatic carbocycles. The van der Waals surface area contributed by atoms with Crippen molar-refractivity contribution in [2.24, 2.45) is 0 Å². The smallest absolute Gasteiger partial charge is 0.274 e. The van der Waals surface area contributed by atoms with Crippen LogP contribution in [0.1, 0.15) is 29.7 Å². The molecule has 1 fully saturated rings. The molecule has 0 spiro atoms. The lowest BCUT2D eigenvalue weighted by atomic mass is 10.1. The molecule has 1 aromatic carbocycles. The van der Waals surface area contributed by atoms with Crippen LogP contribution < -0.4 is 4.72 Å². The standard InChI is InChI=1S/C18H16F2N2O4S/c1-10-11(2)21-26-17(10)15-5-6-16(25-15)27(23,24)22-18(7-8-18)13-9-12(19)3-4-14(13)20/h3-6,9,22H,7-8H2,1-2H3. The van der Waals surface area contributed by atoms with E-state index in [1.807, 2.05) is 0 Å². The largest absolute Gasteiger partial charge is 0.440 e. The summed E-state index contributed by atoms with van der Waals surface area (Å²) in [4.78, 5) is 0. The molecule has 1 aliphatic rings. The van der Waals surface area contributed by atoms with Crippen molar-refractivity contribution in [2.45, 2.75) is 37.3 Å². The maximum atomic E-state index is 14.1. The Morgan fingerprint density at radius 3 is 2.52 bits per heavy atom. The van der Waals surface area contributed by atoms with Gasteiger partial charge in [0, 0.05) is 11.1 Å². The topological polar surface area (TPSA) is 85.3 Å². The van der Waals surface area contributed by atoms with Crippen LogP contribution in [-0.2, 0) is 15.6 Å². The first-order valence-electron chi connectivity index (χ1n) is 8.24. The Balaban J connectivity index is 1.65. The number of rotatable bonds is 5. The molecule has 3 aromatic rings. The normalized spacial score (nSPS) is 15.9. The molecular formula is C18H16F2N2O4S. The van der Waals surface area contributed by atoms with E-state index in [9.17, 15) is 17.2 Å². The van der Waals surface area contributed by atoms with Crippen molar-refractivity contribution in [2.75, 3.05) is 0 Å². The van der Waals surface area contributed by atoms with Crippen molar-refractivity contribution >= 4 is 10.0 Å². The molecule has 142 valence electrons. The van der Waals surface area contributed by atoms with Crippen molar-refractivity contribution in [1.82, 2.24) is 9.88 Å². The molecule has 0 atom stereocenters. The van der Waals surface area contributed by atoms with Crippen molar-refractivity contribution in [3.8, 4) is 11.5 Å². The number of nitrogens with zero attached hydrogens (tertiary/aromatic N) is 1. The number of hydrogen-bond acceptors (Lipinski definition) is 5. The van der Waals surface area contributed by atoms with Gasteiger partial charge in [0.05, 0.1) is 11.2 Å². The molecule has 2 heterocycles. The van der Waals surface area contributed by atoms with E-state index in [0.717, 1.165) is 23.8 Å². The van der Waals surface area contributed by atoms with E-state index >= 15 is 0 Å². The molecule has 0 amide bonds. The molecule has 4 rings (SSSR count). The van der Waals surface area contributed by atoms with Gasteiger partial charge in [-0.3, -0.25) is 0 Å². The third kappa shape index (κ3) is 3.06. The molecule has 0 bridgehead atoms. The van der Waals surface area contributed by atoms with Gasteiger partial charge >= 0.3 is 0 Å². The molecule has 0 saturated heterocycles. The molecule has 9 heteroatoms. The highest BCUT2D eigenvalue weighted by molar-refractivity contribution is 7.89. The number of furan rings is 1. The Morgan fingerprint density at radius 2 is 1.89 bits per heavy atom. The Hall–Kier alpha value is -2.52. The average molecular weight is 394 g/mol. The third-order valence-electron chi connectivity index (χ3n) is 4.75. The Morgan fingerprint density at radius 1 is 1.15 bits per heavy atom. The summed E-state index contributed by atoms with van der Waals surface area (Å²) in [6.45, 7) is 3.54. The maximum Gasteiger partial charge on any atom is 0.274 e. The van der Waals surface area contributed by atoms with E-state index in [-0.39, 0.29) is 16.4 Å². The second-order valence-electron chi connectivity index (χ2n) is 6.65. The van der Waals surface area contributed by atoms with Gasteiger partial charge in [0.1, 0.15) is 11.6 Å². The highest BCUT2D eigenvalue weighted by Gasteiger charge is 2.50. The minimum atomic E-state index is -4.09. The lowest BCUT2D eigenvalue weighted by Gasteiger charge is -2.17. The van der Waals surface area contributed by atoms with E-state index < -0.39 is 27.2 Å². The van der Waals surface area contributed by atoms with Crippen molar-refractivity contribution in [1.29, 1.82) is 0 Å². The monoisotopic (exact) mass is 394 g/mol. The summed E-state index contributed by atoms with van der Waals surface area (Å²) in [5.74, 6) is -0.737. The van der Waals surface area contributed by atoms with E-state index in [1.54, 1.807) is 13.8 Å². The highest BCUT2D eigenvalue weighted by Crippen LogP contribution is 2.47. The zero-order valence-electron chi connectivity index (χ0n) is 14.5. The van der Waals surface area contributed by atoms with E-state index in [2.05, 4.69) is 9.88 Å².